The number of benzene rings is 2. The number of aryl methyl sites for hydroxylation is 4. The monoisotopic (exact) mass is 637 g/mol. The fourth-order valence-corrected chi connectivity index (χ4v) is 7.71. The van der Waals surface area contributed by atoms with Crippen molar-refractivity contribution in [1.29, 1.82) is 5.41 Å². The normalized spacial score (nSPS) is 16.2. The molecule has 0 saturated carbocycles. The van der Waals surface area contributed by atoms with Crippen molar-refractivity contribution in [2.75, 3.05) is 25.2 Å². The number of hydrogen-bond donors (Lipinski definition) is 3. The van der Waals surface area contributed by atoms with Crippen LogP contribution < -0.4 is 10.1 Å². The van der Waals surface area contributed by atoms with Gasteiger partial charge in [0.15, 0.2) is 0 Å². The third kappa shape index (κ3) is 6.46. The van der Waals surface area contributed by atoms with Crippen molar-refractivity contribution in [2.24, 2.45) is 14.1 Å². The van der Waals surface area contributed by atoms with E-state index in [-0.39, 0.29) is 5.69 Å². The molecule has 4 aromatic rings. The average molecular weight is 638 g/mol. The number of allylic oxidation sites excluding steroid dienone is 1. The number of nitrogens with zero attached hydrogens (tertiary/aromatic N) is 3. The first-order valence-corrected chi connectivity index (χ1v) is 16.6. The molecule has 1 aliphatic heterocycles. The molecule has 8 nitrogen and oxygen atoms in total. The second kappa shape index (κ2) is 13.1. The SMILES string of the molecule is CN/C1=C\C(=N)CSCc2nn(C)c(C)c2-c2c(Cl)ccc3c(c(C(=O)O)n(C)c23)CCCOc2cc(C)cc(c2)SC1. The van der Waals surface area contributed by atoms with E-state index < -0.39 is 5.97 Å². The van der Waals surface area contributed by atoms with Crippen LogP contribution in [0.15, 0.2) is 47.0 Å². The Morgan fingerprint density at radius 1 is 1.14 bits per heavy atom. The highest BCUT2D eigenvalue weighted by Gasteiger charge is 2.27. The number of aromatic carboxylic acids is 1. The largest absolute Gasteiger partial charge is 0.494 e. The minimum absolute atomic E-state index is 0.257. The van der Waals surface area contributed by atoms with Crippen LogP contribution in [-0.4, -0.2) is 56.3 Å². The Balaban J connectivity index is 1.63. The topological polar surface area (TPSA) is 105 Å². The lowest BCUT2D eigenvalue weighted by molar-refractivity contribution is 0.0685. The molecular formula is C32H36ClN5O3S2. The Morgan fingerprint density at radius 3 is 2.67 bits per heavy atom. The zero-order valence-electron chi connectivity index (χ0n) is 25.0. The summed E-state index contributed by atoms with van der Waals surface area (Å²) in [4.78, 5) is 13.7. The molecule has 0 unspecified atom stereocenters. The summed E-state index contributed by atoms with van der Waals surface area (Å²) in [5.74, 6) is 1.61. The molecule has 2 aromatic heterocycles. The predicted molar refractivity (Wildman–Crippen MR) is 179 cm³/mol. The molecule has 6 bridgehead atoms. The van der Waals surface area contributed by atoms with E-state index in [0.29, 0.717) is 47.4 Å². The molecule has 0 fully saturated rings. The van der Waals surface area contributed by atoms with Crippen LogP contribution in [0.1, 0.15) is 39.4 Å². The number of halogens is 1. The number of carboxylic acid groups (broad SMARTS) is 1. The molecule has 0 spiro atoms. The highest BCUT2D eigenvalue weighted by atomic mass is 35.5. The highest BCUT2D eigenvalue weighted by Crippen LogP contribution is 2.42. The van der Waals surface area contributed by atoms with Gasteiger partial charge in [-0.05, 0) is 68.2 Å². The minimum atomic E-state index is -0.974. The van der Waals surface area contributed by atoms with Gasteiger partial charge in [0.2, 0.25) is 0 Å². The molecule has 0 amide bonds. The molecular weight excluding hydrogens is 602 g/mol. The molecule has 1 aliphatic rings. The molecule has 0 saturated heterocycles. The lowest BCUT2D eigenvalue weighted by Gasteiger charge is -2.12. The van der Waals surface area contributed by atoms with Gasteiger partial charge in [-0.1, -0.05) is 17.7 Å². The van der Waals surface area contributed by atoms with E-state index in [1.165, 1.54) is 0 Å². The van der Waals surface area contributed by atoms with Crippen LogP contribution >= 0.6 is 35.1 Å². The van der Waals surface area contributed by atoms with Gasteiger partial charge in [-0.2, -0.15) is 5.10 Å². The van der Waals surface area contributed by atoms with Gasteiger partial charge in [-0.15, -0.1) is 23.5 Å². The maximum absolute atomic E-state index is 12.6. The molecule has 43 heavy (non-hydrogen) atoms. The first-order valence-electron chi connectivity index (χ1n) is 14.1. The van der Waals surface area contributed by atoms with Crippen molar-refractivity contribution in [3.8, 4) is 16.9 Å². The number of nitrogens with one attached hydrogen (secondary N) is 2. The zero-order valence-corrected chi connectivity index (χ0v) is 27.4. The molecule has 226 valence electrons. The Morgan fingerprint density at radius 2 is 1.93 bits per heavy atom. The summed E-state index contributed by atoms with van der Waals surface area (Å²) in [6.07, 6.45) is 3.09. The molecule has 5 rings (SSSR count). The van der Waals surface area contributed by atoms with Gasteiger partial charge in [-0.3, -0.25) is 4.68 Å². The summed E-state index contributed by atoms with van der Waals surface area (Å²) >= 11 is 10.2. The van der Waals surface area contributed by atoms with E-state index in [1.807, 2.05) is 63.0 Å². The third-order valence-electron chi connectivity index (χ3n) is 7.69. The van der Waals surface area contributed by atoms with Gasteiger partial charge < -0.3 is 25.1 Å². The molecule has 11 heteroatoms. The van der Waals surface area contributed by atoms with Crippen LogP contribution in [0.3, 0.4) is 0 Å². The van der Waals surface area contributed by atoms with Gasteiger partial charge in [0, 0.05) is 76.9 Å². The molecule has 0 aliphatic carbocycles. The number of carboxylic acids is 1. The first kappa shape index (κ1) is 31.1. The molecule has 0 radical (unpaired) electrons. The second-order valence-corrected chi connectivity index (χ2v) is 13.1. The van der Waals surface area contributed by atoms with Crippen molar-refractivity contribution in [3.05, 3.63) is 75.3 Å². The van der Waals surface area contributed by atoms with E-state index >= 15 is 0 Å². The smallest absolute Gasteiger partial charge is 0.352 e. The van der Waals surface area contributed by atoms with Gasteiger partial charge in [-0.25, -0.2) is 4.79 Å². The predicted octanol–water partition coefficient (Wildman–Crippen LogP) is 7.02. The van der Waals surface area contributed by atoms with Crippen molar-refractivity contribution < 1.29 is 14.6 Å². The van der Waals surface area contributed by atoms with E-state index in [2.05, 4.69) is 11.4 Å². The second-order valence-electron chi connectivity index (χ2n) is 10.7. The number of carbonyl (C=O) groups is 1. The number of aromatic nitrogens is 3. The van der Waals surface area contributed by atoms with Crippen molar-refractivity contribution in [2.45, 2.75) is 37.3 Å². The van der Waals surface area contributed by atoms with Crippen LogP contribution in [0.2, 0.25) is 5.02 Å². The fourth-order valence-electron chi connectivity index (χ4n) is 5.64. The third-order valence-corrected chi connectivity index (χ3v) is 10.0. The van der Waals surface area contributed by atoms with Crippen LogP contribution in [-0.2, 0) is 26.3 Å². The summed E-state index contributed by atoms with van der Waals surface area (Å²) in [5, 5.41) is 28.4. The van der Waals surface area contributed by atoms with Crippen LogP contribution in [0.5, 0.6) is 5.75 Å². The molecule has 3 heterocycles. The van der Waals surface area contributed by atoms with E-state index in [1.54, 1.807) is 35.1 Å². The van der Waals surface area contributed by atoms with Gasteiger partial charge in [0.25, 0.3) is 0 Å². The number of thioether (sulfide) groups is 2. The molecule has 3 N–H and O–H groups in total. The maximum Gasteiger partial charge on any atom is 0.352 e. The minimum Gasteiger partial charge on any atom is -0.494 e. The van der Waals surface area contributed by atoms with E-state index in [4.69, 9.17) is 26.8 Å². The Labute approximate surface area is 265 Å². The van der Waals surface area contributed by atoms with Crippen LogP contribution in [0.25, 0.3) is 22.0 Å². The van der Waals surface area contributed by atoms with Crippen molar-refractivity contribution in [1.82, 2.24) is 19.7 Å². The average Bonchev–Trinajstić information content (AvgIpc) is 3.40. The maximum atomic E-state index is 12.6. The lowest BCUT2D eigenvalue weighted by Crippen LogP contribution is -2.11. The van der Waals surface area contributed by atoms with Crippen molar-refractivity contribution in [3.63, 3.8) is 0 Å². The molecule has 0 atom stereocenters. The van der Waals surface area contributed by atoms with E-state index in [9.17, 15) is 9.90 Å². The number of hydrogen-bond acceptors (Lipinski definition) is 7. The standard InChI is InChI=1S/C32H36ClN5O3S2/c1-18-11-22-14-23(12-18)43-16-21(35-3)13-20(34)15-42-17-27-28(19(2)38(5)36-27)29-26(33)9-8-25-24(7-6-10-41-22)31(32(39)40)37(4)30(25)29/h8-9,11-14,34-35H,6-7,10,15-17H2,1-5H3,(H,39,40)/b21-13-,34-20?. The van der Waals surface area contributed by atoms with Crippen molar-refractivity contribution >= 4 is 57.7 Å². The Kier molecular flexibility index (Phi) is 9.48. The fraction of sp³-hybridized carbons (Fsp3) is 0.344. The van der Waals surface area contributed by atoms with E-state index in [0.717, 1.165) is 60.9 Å². The highest BCUT2D eigenvalue weighted by molar-refractivity contribution is 7.99. The summed E-state index contributed by atoms with van der Waals surface area (Å²) < 4.78 is 9.77. The number of rotatable bonds is 2. The Hall–Kier alpha value is -3.34. The van der Waals surface area contributed by atoms with Crippen LogP contribution in [0.4, 0.5) is 0 Å². The summed E-state index contributed by atoms with van der Waals surface area (Å²) in [6, 6.07) is 9.97. The zero-order chi connectivity index (χ0) is 30.8. The number of ether oxygens (including phenoxy) is 1. The van der Waals surface area contributed by atoms with Gasteiger partial charge in [0.1, 0.15) is 11.4 Å². The summed E-state index contributed by atoms with van der Waals surface area (Å²) in [6.45, 7) is 4.50. The number of fused-ring (bicyclic) bond motifs is 4. The summed E-state index contributed by atoms with van der Waals surface area (Å²) in [7, 11) is 5.59. The Bertz CT molecular complexity index is 1760. The molecule has 2 aromatic carbocycles. The summed E-state index contributed by atoms with van der Waals surface area (Å²) in [5.41, 5.74) is 7.91. The lowest BCUT2D eigenvalue weighted by atomic mass is 9.98. The quantitative estimate of drug-likeness (QED) is 0.217. The first-order chi connectivity index (χ1) is 20.6. The van der Waals surface area contributed by atoms with Gasteiger partial charge in [0.05, 0.1) is 22.8 Å². The van der Waals surface area contributed by atoms with Gasteiger partial charge >= 0.3 is 5.97 Å². The van der Waals surface area contributed by atoms with Crippen LogP contribution in [0, 0.1) is 19.3 Å².